The zero-order chi connectivity index (χ0) is 12.3. The molecule has 0 aromatic carbocycles. The summed E-state index contributed by atoms with van der Waals surface area (Å²) in [6, 6.07) is 1.05. The van der Waals surface area contributed by atoms with Crippen molar-refractivity contribution in [3.63, 3.8) is 0 Å². The van der Waals surface area contributed by atoms with Crippen LogP contribution in [0.2, 0.25) is 0 Å². The third kappa shape index (κ3) is 3.04. The molecule has 0 bridgehead atoms. The maximum absolute atomic E-state index is 8.90. The number of nitrogens with zero attached hydrogens (tertiary/aromatic N) is 3. The van der Waals surface area contributed by atoms with Gasteiger partial charge in [-0.3, -0.25) is 4.90 Å². The van der Waals surface area contributed by atoms with Gasteiger partial charge >= 0.3 is 0 Å². The van der Waals surface area contributed by atoms with Crippen LogP contribution < -0.4 is 0 Å². The second kappa shape index (κ2) is 5.60. The van der Waals surface area contributed by atoms with Crippen LogP contribution in [0.15, 0.2) is 4.52 Å². The molecule has 0 saturated carbocycles. The first-order valence-corrected chi connectivity index (χ1v) is 6.38. The van der Waals surface area contributed by atoms with Gasteiger partial charge in [0.15, 0.2) is 5.82 Å². The van der Waals surface area contributed by atoms with E-state index < -0.39 is 0 Å². The van der Waals surface area contributed by atoms with Crippen molar-refractivity contribution in [3.8, 4) is 0 Å². The van der Waals surface area contributed by atoms with Crippen LogP contribution in [0, 0.1) is 0 Å². The Morgan fingerprint density at radius 3 is 2.94 bits per heavy atom. The van der Waals surface area contributed by atoms with Crippen molar-refractivity contribution in [1.82, 2.24) is 15.0 Å². The van der Waals surface area contributed by atoms with Crippen molar-refractivity contribution in [1.29, 1.82) is 0 Å². The Balaban J connectivity index is 2.00. The number of hydrogen-bond donors (Lipinski definition) is 1. The molecule has 1 aromatic rings. The average Bonchev–Trinajstić information content (AvgIpc) is 2.77. The predicted octanol–water partition coefficient (Wildman–Crippen LogP) is 1.37. The summed E-state index contributed by atoms with van der Waals surface area (Å²) in [6.07, 6.45) is 4.54. The highest BCUT2D eigenvalue weighted by Gasteiger charge is 2.26. The smallest absolute Gasteiger partial charge is 0.228 e. The molecule has 96 valence electrons. The number of likely N-dealkylation sites (tertiary alicyclic amines) is 1. The first-order chi connectivity index (χ1) is 8.20. The van der Waals surface area contributed by atoms with Crippen molar-refractivity contribution in [3.05, 3.63) is 11.7 Å². The highest BCUT2D eigenvalue weighted by atomic mass is 16.5. The molecule has 1 aliphatic heterocycles. The summed E-state index contributed by atoms with van der Waals surface area (Å²) in [4.78, 5) is 6.67. The molecule has 2 rings (SSSR count). The van der Waals surface area contributed by atoms with E-state index in [0.29, 0.717) is 23.8 Å². The van der Waals surface area contributed by atoms with Gasteiger partial charge in [-0.2, -0.15) is 4.98 Å². The summed E-state index contributed by atoms with van der Waals surface area (Å²) >= 11 is 0. The minimum atomic E-state index is -0.151. The predicted molar refractivity (Wildman–Crippen MR) is 63.4 cm³/mol. The zero-order valence-corrected chi connectivity index (χ0v) is 10.6. The van der Waals surface area contributed by atoms with Crippen LogP contribution >= 0.6 is 0 Å². The van der Waals surface area contributed by atoms with Gasteiger partial charge in [-0.05, 0) is 33.2 Å². The fourth-order valence-corrected chi connectivity index (χ4v) is 2.56. The lowest BCUT2D eigenvalue weighted by Gasteiger charge is -2.38. The summed E-state index contributed by atoms with van der Waals surface area (Å²) < 4.78 is 5.14. The molecule has 1 fully saturated rings. The first kappa shape index (κ1) is 12.5. The van der Waals surface area contributed by atoms with E-state index in [1.54, 1.807) is 0 Å². The number of rotatable bonds is 4. The van der Waals surface area contributed by atoms with Gasteiger partial charge in [0.2, 0.25) is 5.89 Å². The normalized spacial score (nSPS) is 22.2. The minimum Gasteiger partial charge on any atom is -0.388 e. The molecule has 5 heteroatoms. The summed E-state index contributed by atoms with van der Waals surface area (Å²) in [7, 11) is 0. The van der Waals surface area contributed by atoms with Crippen LogP contribution in [0.3, 0.4) is 0 Å². The quantitative estimate of drug-likeness (QED) is 0.859. The standard InChI is InChI=1S/C12H21N3O2/c1-9(2)15-6-4-3-5-10(15)7-12-13-11(8-16)14-17-12/h9-10,16H,3-8H2,1-2H3. The number of aliphatic hydroxyl groups excluding tert-OH is 1. The van der Waals surface area contributed by atoms with Gasteiger partial charge < -0.3 is 9.63 Å². The zero-order valence-electron chi connectivity index (χ0n) is 10.6. The lowest BCUT2D eigenvalue weighted by Crippen LogP contribution is -2.45. The Kier molecular flexibility index (Phi) is 4.12. The van der Waals surface area contributed by atoms with Crippen LogP contribution in [-0.2, 0) is 13.0 Å². The van der Waals surface area contributed by atoms with E-state index in [9.17, 15) is 0 Å². The van der Waals surface area contributed by atoms with Crippen LogP contribution in [-0.4, -0.2) is 38.8 Å². The highest BCUT2D eigenvalue weighted by Crippen LogP contribution is 2.22. The molecule has 2 heterocycles. The molecule has 1 N–H and O–H groups in total. The Labute approximate surface area is 102 Å². The molecule has 1 saturated heterocycles. The third-order valence-corrected chi connectivity index (χ3v) is 3.40. The average molecular weight is 239 g/mol. The lowest BCUT2D eigenvalue weighted by molar-refractivity contribution is 0.105. The van der Waals surface area contributed by atoms with Crippen LogP contribution in [0.25, 0.3) is 0 Å². The molecular weight excluding hydrogens is 218 g/mol. The van der Waals surface area contributed by atoms with Gasteiger partial charge in [0, 0.05) is 18.5 Å². The van der Waals surface area contributed by atoms with Crippen LogP contribution in [0.5, 0.6) is 0 Å². The van der Waals surface area contributed by atoms with E-state index in [0.717, 1.165) is 13.0 Å². The molecule has 0 aliphatic carbocycles. The van der Waals surface area contributed by atoms with E-state index in [-0.39, 0.29) is 6.61 Å². The lowest BCUT2D eigenvalue weighted by atomic mass is 9.98. The molecule has 0 amide bonds. The number of hydrogen-bond acceptors (Lipinski definition) is 5. The monoisotopic (exact) mass is 239 g/mol. The highest BCUT2D eigenvalue weighted by molar-refractivity contribution is 4.91. The van der Waals surface area contributed by atoms with Gasteiger partial charge in [-0.15, -0.1) is 0 Å². The molecule has 1 unspecified atom stereocenters. The topological polar surface area (TPSA) is 62.4 Å². The SMILES string of the molecule is CC(C)N1CCCCC1Cc1nc(CO)no1. The Morgan fingerprint density at radius 2 is 2.29 bits per heavy atom. The summed E-state index contributed by atoms with van der Waals surface area (Å²) in [5.74, 6) is 1.03. The number of aromatic nitrogens is 2. The second-order valence-electron chi connectivity index (χ2n) is 4.95. The summed E-state index contributed by atoms with van der Waals surface area (Å²) in [5.41, 5.74) is 0. The van der Waals surface area contributed by atoms with E-state index in [1.165, 1.54) is 19.3 Å². The van der Waals surface area contributed by atoms with Gasteiger partial charge in [0.25, 0.3) is 0 Å². The summed E-state index contributed by atoms with van der Waals surface area (Å²) in [6.45, 7) is 5.46. The largest absolute Gasteiger partial charge is 0.388 e. The van der Waals surface area contributed by atoms with Gasteiger partial charge in [-0.1, -0.05) is 11.6 Å². The van der Waals surface area contributed by atoms with E-state index in [2.05, 4.69) is 28.9 Å². The van der Waals surface area contributed by atoms with Crippen molar-refractivity contribution < 1.29 is 9.63 Å². The summed E-state index contributed by atoms with van der Waals surface area (Å²) in [5, 5.41) is 12.6. The first-order valence-electron chi connectivity index (χ1n) is 6.38. The molecule has 0 radical (unpaired) electrons. The Bertz CT molecular complexity index is 351. The van der Waals surface area contributed by atoms with E-state index in [4.69, 9.17) is 9.63 Å². The number of piperidine rings is 1. The minimum absolute atomic E-state index is 0.151. The van der Waals surface area contributed by atoms with E-state index in [1.807, 2.05) is 0 Å². The Morgan fingerprint density at radius 1 is 1.47 bits per heavy atom. The van der Waals surface area contributed by atoms with Crippen molar-refractivity contribution in [2.45, 2.75) is 58.2 Å². The van der Waals surface area contributed by atoms with Gasteiger partial charge in [0.05, 0.1) is 0 Å². The second-order valence-corrected chi connectivity index (χ2v) is 4.95. The van der Waals surface area contributed by atoms with Gasteiger partial charge in [-0.25, -0.2) is 0 Å². The molecule has 1 atom stereocenters. The molecule has 5 nitrogen and oxygen atoms in total. The molecule has 1 aromatic heterocycles. The van der Waals surface area contributed by atoms with Crippen molar-refractivity contribution >= 4 is 0 Å². The Hall–Kier alpha value is -0.940. The molecule has 1 aliphatic rings. The maximum Gasteiger partial charge on any atom is 0.228 e. The molecular formula is C12H21N3O2. The van der Waals surface area contributed by atoms with Gasteiger partial charge in [0.1, 0.15) is 6.61 Å². The fourth-order valence-electron chi connectivity index (χ4n) is 2.56. The number of aliphatic hydroxyl groups is 1. The van der Waals surface area contributed by atoms with E-state index >= 15 is 0 Å². The van der Waals surface area contributed by atoms with Crippen molar-refractivity contribution in [2.24, 2.45) is 0 Å². The van der Waals surface area contributed by atoms with Crippen LogP contribution in [0.4, 0.5) is 0 Å². The fraction of sp³-hybridized carbons (Fsp3) is 0.833. The maximum atomic E-state index is 8.90. The van der Waals surface area contributed by atoms with Crippen LogP contribution in [0.1, 0.15) is 44.8 Å². The van der Waals surface area contributed by atoms with Crippen molar-refractivity contribution in [2.75, 3.05) is 6.54 Å². The molecule has 17 heavy (non-hydrogen) atoms. The third-order valence-electron chi connectivity index (χ3n) is 3.40. The molecule has 0 spiro atoms.